The first-order chi connectivity index (χ1) is 6.11. The van der Waals surface area contributed by atoms with E-state index < -0.39 is 11.1 Å². The first-order valence-corrected chi connectivity index (χ1v) is 4.86. The van der Waals surface area contributed by atoms with Crippen LogP contribution in [0.1, 0.15) is 6.92 Å². The summed E-state index contributed by atoms with van der Waals surface area (Å²) in [6.45, 7) is 5.87. The zero-order valence-electron chi connectivity index (χ0n) is 7.78. The molecular formula is C8H14N2O2S. The van der Waals surface area contributed by atoms with Gasteiger partial charge in [0.2, 0.25) is 11.1 Å². The minimum atomic E-state index is -2.07. The van der Waals surface area contributed by atoms with Gasteiger partial charge < -0.3 is 9.87 Å². The number of hydrogen-bond donors (Lipinski definition) is 2. The molecule has 5 heteroatoms. The standard InChI is InChI=1S/C8H14N2O2S/c1-4-8(5-9-3)6-10-7(2)13(11)12/h4,6,9H,2,5H2,1,3H3,(H,11,12)/b8-4-,10-6?. The second-order valence-electron chi connectivity index (χ2n) is 2.30. The topological polar surface area (TPSA) is 61.7 Å². The summed E-state index contributed by atoms with van der Waals surface area (Å²) in [5, 5.41) is 2.90. The minimum Gasteiger partial charge on any atom is -0.316 e. The number of nitrogens with one attached hydrogen (secondary N) is 1. The van der Waals surface area contributed by atoms with Crippen molar-refractivity contribution in [3.8, 4) is 0 Å². The number of rotatable bonds is 5. The summed E-state index contributed by atoms with van der Waals surface area (Å²) in [4.78, 5) is 3.74. The van der Waals surface area contributed by atoms with Crippen molar-refractivity contribution in [1.29, 1.82) is 0 Å². The molecular weight excluding hydrogens is 188 g/mol. The Morgan fingerprint density at radius 1 is 1.77 bits per heavy atom. The lowest BCUT2D eigenvalue weighted by Gasteiger charge is -1.98. The van der Waals surface area contributed by atoms with Crippen molar-refractivity contribution < 1.29 is 8.76 Å². The quantitative estimate of drug-likeness (QED) is 0.514. The molecule has 0 heterocycles. The monoisotopic (exact) mass is 202 g/mol. The molecule has 0 aliphatic rings. The van der Waals surface area contributed by atoms with E-state index in [1.54, 1.807) is 0 Å². The Balaban J connectivity index is 4.24. The van der Waals surface area contributed by atoms with E-state index in [1.807, 2.05) is 20.0 Å². The summed E-state index contributed by atoms with van der Waals surface area (Å²) in [5.74, 6) is 0. The van der Waals surface area contributed by atoms with E-state index in [1.165, 1.54) is 6.21 Å². The highest BCUT2D eigenvalue weighted by Gasteiger charge is 1.96. The molecule has 13 heavy (non-hydrogen) atoms. The van der Waals surface area contributed by atoms with E-state index in [-0.39, 0.29) is 5.03 Å². The van der Waals surface area contributed by atoms with Gasteiger partial charge in [-0.3, -0.25) is 0 Å². The highest BCUT2D eigenvalue weighted by Crippen LogP contribution is 1.97. The molecule has 0 aromatic heterocycles. The third-order valence-electron chi connectivity index (χ3n) is 1.33. The third kappa shape index (κ3) is 5.46. The second-order valence-corrected chi connectivity index (χ2v) is 3.26. The van der Waals surface area contributed by atoms with E-state index >= 15 is 0 Å². The predicted octanol–water partition coefficient (Wildman–Crippen LogP) is 0.916. The van der Waals surface area contributed by atoms with Gasteiger partial charge in [0, 0.05) is 12.8 Å². The molecule has 0 saturated carbocycles. The van der Waals surface area contributed by atoms with Crippen LogP contribution in [-0.4, -0.2) is 28.6 Å². The van der Waals surface area contributed by atoms with E-state index in [0.29, 0.717) is 6.54 Å². The molecule has 1 unspecified atom stereocenters. The van der Waals surface area contributed by atoms with Gasteiger partial charge >= 0.3 is 0 Å². The highest BCUT2D eigenvalue weighted by atomic mass is 32.2. The van der Waals surface area contributed by atoms with E-state index in [0.717, 1.165) is 5.57 Å². The zero-order chi connectivity index (χ0) is 10.3. The number of allylic oxidation sites excluding steroid dienone is 1. The lowest BCUT2D eigenvalue weighted by molar-refractivity contribution is 0.571. The van der Waals surface area contributed by atoms with Crippen LogP contribution in [0.2, 0.25) is 0 Å². The van der Waals surface area contributed by atoms with Crippen LogP contribution < -0.4 is 5.32 Å². The van der Waals surface area contributed by atoms with E-state index in [2.05, 4.69) is 16.9 Å². The number of likely N-dealkylation sites (N-methyl/N-ethyl adjacent to an activating group) is 1. The van der Waals surface area contributed by atoms with Gasteiger partial charge in [-0.1, -0.05) is 12.7 Å². The van der Waals surface area contributed by atoms with Crippen molar-refractivity contribution in [2.45, 2.75) is 6.92 Å². The molecule has 74 valence electrons. The average molecular weight is 202 g/mol. The Kier molecular flexibility index (Phi) is 6.30. The van der Waals surface area contributed by atoms with Crippen molar-refractivity contribution in [3.05, 3.63) is 23.3 Å². The molecule has 0 fully saturated rings. The van der Waals surface area contributed by atoms with Crippen LogP contribution >= 0.6 is 0 Å². The zero-order valence-corrected chi connectivity index (χ0v) is 8.60. The Morgan fingerprint density at radius 3 is 2.77 bits per heavy atom. The summed E-state index contributed by atoms with van der Waals surface area (Å²) < 4.78 is 19.0. The molecule has 0 aromatic rings. The van der Waals surface area contributed by atoms with Crippen LogP contribution in [0.4, 0.5) is 0 Å². The van der Waals surface area contributed by atoms with Crippen molar-refractivity contribution in [2.24, 2.45) is 4.99 Å². The maximum absolute atomic E-state index is 10.4. The smallest absolute Gasteiger partial charge is 0.205 e. The van der Waals surface area contributed by atoms with Gasteiger partial charge in [0.15, 0.2) is 0 Å². The van der Waals surface area contributed by atoms with E-state index in [9.17, 15) is 4.21 Å². The average Bonchev–Trinajstić information content (AvgIpc) is 2.11. The molecule has 2 N–H and O–H groups in total. The van der Waals surface area contributed by atoms with Crippen LogP contribution in [-0.2, 0) is 11.1 Å². The highest BCUT2D eigenvalue weighted by molar-refractivity contribution is 7.83. The summed E-state index contributed by atoms with van der Waals surface area (Å²) in [6, 6.07) is 0. The number of nitrogens with zero attached hydrogens (tertiary/aromatic N) is 1. The molecule has 0 aliphatic carbocycles. The fraction of sp³-hybridized carbons (Fsp3) is 0.375. The van der Waals surface area contributed by atoms with Gasteiger partial charge in [-0.2, -0.15) is 0 Å². The normalized spacial score (nSPS) is 14.8. The molecule has 0 spiro atoms. The van der Waals surface area contributed by atoms with Crippen LogP contribution in [0.25, 0.3) is 0 Å². The molecule has 0 rings (SSSR count). The Hall–Kier alpha value is -0.780. The Labute approximate surface area is 80.7 Å². The van der Waals surface area contributed by atoms with Crippen molar-refractivity contribution in [1.82, 2.24) is 5.32 Å². The number of hydrogen-bond acceptors (Lipinski definition) is 3. The van der Waals surface area contributed by atoms with Crippen LogP contribution in [0, 0.1) is 0 Å². The SMILES string of the molecule is C=C(N=C/C(=C\C)CNC)S(=O)O. The maximum atomic E-state index is 10.4. The first-order valence-electron chi connectivity index (χ1n) is 3.75. The molecule has 1 atom stereocenters. The number of aliphatic imine (C=N–C) groups is 1. The van der Waals surface area contributed by atoms with Gasteiger partial charge in [-0.15, -0.1) is 0 Å². The molecule has 0 amide bonds. The van der Waals surface area contributed by atoms with Gasteiger partial charge in [0.1, 0.15) is 5.03 Å². The van der Waals surface area contributed by atoms with Crippen molar-refractivity contribution in [2.75, 3.05) is 13.6 Å². The molecule has 0 bridgehead atoms. The lowest BCUT2D eigenvalue weighted by Crippen LogP contribution is -2.11. The van der Waals surface area contributed by atoms with Crippen LogP contribution in [0.5, 0.6) is 0 Å². The molecule has 4 nitrogen and oxygen atoms in total. The van der Waals surface area contributed by atoms with Crippen molar-refractivity contribution >= 4 is 17.3 Å². The van der Waals surface area contributed by atoms with E-state index in [4.69, 9.17) is 4.55 Å². The minimum absolute atomic E-state index is 0.0459. The molecule has 0 radical (unpaired) electrons. The van der Waals surface area contributed by atoms with Crippen LogP contribution in [0.3, 0.4) is 0 Å². The summed E-state index contributed by atoms with van der Waals surface area (Å²) in [6.07, 6.45) is 3.39. The molecule has 0 aliphatic heterocycles. The Bertz CT molecular complexity index is 259. The van der Waals surface area contributed by atoms with Gasteiger partial charge in [0.25, 0.3) is 0 Å². The fourth-order valence-electron chi connectivity index (χ4n) is 0.626. The second kappa shape index (κ2) is 6.71. The largest absolute Gasteiger partial charge is 0.316 e. The third-order valence-corrected chi connectivity index (χ3v) is 1.84. The predicted molar refractivity (Wildman–Crippen MR) is 56.1 cm³/mol. The van der Waals surface area contributed by atoms with Gasteiger partial charge in [-0.25, -0.2) is 9.20 Å². The molecule has 0 aromatic carbocycles. The lowest BCUT2D eigenvalue weighted by atomic mass is 10.3. The summed E-state index contributed by atoms with van der Waals surface area (Å²) >= 11 is -2.07. The molecule has 0 saturated heterocycles. The maximum Gasteiger partial charge on any atom is 0.205 e. The summed E-state index contributed by atoms with van der Waals surface area (Å²) in [7, 11) is 1.82. The van der Waals surface area contributed by atoms with Crippen LogP contribution in [0.15, 0.2) is 28.2 Å². The summed E-state index contributed by atoms with van der Waals surface area (Å²) in [5.41, 5.74) is 0.939. The van der Waals surface area contributed by atoms with Gasteiger partial charge in [-0.05, 0) is 19.5 Å². The Morgan fingerprint density at radius 2 is 2.38 bits per heavy atom. The fourth-order valence-corrected chi connectivity index (χ4v) is 0.769. The first kappa shape index (κ1) is 12.2. The van der Waals surface area contributed by atoms with Crippen molar-refractivity contribution in [3.63, 3.8) is 0 Å². The van der Waals surface area contributed by atoms with Gasteiger partial charge in [0.05, 0.1) is 0 Å².